The van der Waals surface area contributed by atoms with Gasteiger partial charge in [0.1, 0.15) is 11.2 Å². The second-order valence-electron chi connectivity index (χ2n) is 4.83. The Balaban J connectivity index is 2.76. The van der Waals surface area contributed by atoms with Crippen LogP contribution in [0.1, 0.15) is 26.2 Å². The Morgan fingerprint density at radius 1 is 1.32 bits per heavy atom. The first kappa shape index (κ1) is 16.4. The summed E-state index contributed by atoms with van der Waals surface area (Å²) in [6, 6.07) is 0. The van der Waals surface area contributed by atoms with Crippen LogP contribution in [0.2, 0.25) is 0 Å². The van der Waals surface area contributed by atoms with Gasteiger partial charge in [-0.15, -0.1) is 0 Å². The third-order valence-corrected chi connectivity index (χ3v) is 5.24. The molecule has 1 unspecified atom stereocenters. The van der Waals surface area contributed by atoms with Gasteiger partial charge in [0.25, 0.3) is 0 Å². The fourth-order valence-corrected chi connectivity index (χ4v) is 3.55. The number of carbonyl (C=O) groups is 1. The van der Waals surface area contributed by atoms with Gasteiger partial charge in [-0.05, 0) is 19.4 Å². The molecule has 0 bridgehead atoms. The lowest BCUT2D eigenvalue weighted by Crippen LogP contribution is -2.47. The predicted octanol–water partition coefficient (Wildman–Crippen LogP) is 1.31. The average molecular weight is 301 g/mol. The summed E-state index contributed by atoms with van der Waals surface area (Å²) in [6.45, 7) is 1.33. The van der Waals surface area contributed by atoms with Crippen molar-refractivity contribution in [3.8, 4) is 0 Å². The molecule has 8 heteroatoms. The second-order valence-corrected chi connectivity index (χ2v) is 7.14. The number of Topliss-reactive ketones (excluding diaryl/α,β-unsaturated/α-hetero) is 1. The van der Waals surface area contributed by atoms with Crippen LogP contribution in [0.3, 0.4) is 0 Å². The van der Waals surface area contributed by atoms with E-state index in [0.717, 1.165) is 0 Å². The van der Waals surface area contributed by atoms with E-state index in [1.165, 1.54) is 0 Å². The number of sulfone groups is 1. The Kier molecular flexibility index (Phi) is 5.00. The van der Waals surface area contributed by atoms with Crippen molar-refractivity contribution >= 4 is 15.6 Å². The quantitative estimate of drug-likeness (QED) is 0.803. The summed E-state index contributed by atoms with van der Waals surface area (Å²) >= 11 is 0. The van der Waals surface area contributed by atoms with Gasteiger partial charge in [-0.1, -0.05) is 6.92 Å². The van der Waals surface area contributed by atoms with Crippen molar-refractivity contribution in [1.82, 2.24) is 5.32 Å². The van der Waals surface area contributed by atoms with Crippen LogP contribution in [0.4, 0.5) is 13.2 Å². The number of alkyl halides is 3. The molecule has 1 saturated heterocycles. The number of rotatable bonds is 6. The van der Waals surface area contributed by atoms with Gasteiger partial charge >= 0.3 is 6.18 Å². The van der Waals surface area contributed by atoms with E-state index < -0.39 is 45.9 Å². The summed E-state index contributed by atoms with van der Waals surface area (Å²) < 4.78 is 62.0. The lowest BCUT2D eigenvalue weighted by atomic mass is 9.80. The first-order valence-corrected chi connectivity index (χ1v) is 7.98. The van der Waals surface area contributed by atoms with Crippen LogP contribution in [-0.4, -0.2) is 45.0 Å². The van der Waals surface area contributed by atoms with Gasteiger partial charge in [0.05, 0.1) is 5.75 Å². The molecule has 4 nitrogen and oxygen atoms in total. The first-order valence-electron chi connectivity index (χ1n) is 6.16. The van der Waals surface area contributed by atoms with Crippen molar-refractivity contribution < 1.29 is 26.4 Å². The van der Waals surface area contributed by atoms with Crippen LogP contribution in [0.5, 0.6) is 0 Å². The standard InChI is InChI=1S/C11H18F3NO3S/c1-2-6-19(17,18)7-3-9(16)10(11(12,13)14)4-5-15-8-10/h15H,2-8H2,1H3. The largest absolute Gasteiger partial charge is 0.402 e. The van der Waals surface area contributed by atoms with Gasteiger partial charge in [-0.2, -0.15) is 13.2 Å². The highest BCUT2D eigenvalue weighted by Crippen LogP contribution is 2.44. The third-order valence-electron chi connectivity index (χ3n) is 3.39. The summed E-state index contributed by atoms with van der Waals surface area (Å²) in [7, 11) is -3.44. The van der Waals surface area contributed by atoms with Crippen LogP contribution >= 0.6 is 0 Å². The van der Waals surface area contributed by atoms with E-state index in [1.54, 1.807) is 6.92 Å². The molecule has 0 aromatic rings. The minimum atomic E-state index is -4.64. The molecular weight excluding hydrogens is 283 g/mol. The number of nitrogens with one attached hydrogen (secondary N) is 1. The summed E-state index contributed by atoms with van der Waals surface area (Å²) in [4.78, 5) is 11.8. The Bertz CT molecular complexity index is 425. The Morgan fingerprint density at radius 2 is 1.95 bits per heavy atom. The molecule has 0 aromatic carbocycles. The predicted molar refractivity (Wildman–Crippen MR) is 64.5 cm³/mol. The molecule has 1 heterocycles. The summed E-state index contributed by atoms with van der Waals surface area (Å²) in [5, 5.41) is 2.53. The van der Waals surface area contributed by atoms with E-state index in [4.69, 9.17) is 0 Å². The number of hydrogen-bond acceptors (Lipinski definition) is 4. The van der Waals surface area contributed by atoms with Crippen LogP contribution in [-0.2, 0) is 14.6 Å². The summed E-state index contributed by atoms with van der Waals surface area (Å²) in [6.07, 6.45) is -5.13. The molecular formula is C11H18F3NO3S. The van der Waals surface area contributed by atoms with E-state index in [2.05, 4.69) is 5.32 Å². The molecule has 1 N–H and O–H groups in total. The topological polar surface area (TPSA) is 63.2 Å². The van der Waals surface area contributed by atoms with E-state index in [-0.39, 0.29) is 18.7 Å². The normalized spacial score (nSPS) is 24.6. The van der Waals surface area contributed by atoms with Crippen molar-refractivity contribution in [3.63, 3.8) is 0 Å². The number of halogens is 3. The van der Waals surface area contributed by atoms with Crippen molar-refractivity contribution in [1.29, 1.82) is 0 Å². The maximum Gasteiger partial charge on any atom is 0.402 e. The fraction of sp³-hybridized carbons (Fsp3) is 0.909. The van der Waals surface area contributed by atoms with Crippen molar-refractivity contribution in [3.05, 3.63) is 0 Å². The maximum absolute atomic E-state index is 13.0. The molecule has 19 heavy (non-hydrogen) atoms. The SMILES string of the molecule is CCCS(=O)(=O)CCC(=O)C1(C(F)(F)F)CCNC1. The van der Waals surface area contributed by atoms with Crippen molar-refractivity contribution in [2.75, 3.05) is 24.6 Å². The molecule has 0 saturated carbocycles. The Morgan fingerprint density at radius 3 is 2.37 bits per heavy atom. The molecule has 1 aliphatic heterocycles. The smallest absolute Gasteiger partial charge is 0.315 e. The van der Waals surface area contributed by atoms with Gasteiger partial charge in [0.2, 0.25) is 0 Å². The monoisotopic (exact) mass is 301 g/mol. The minimum Gasteiger partial charge on any atom is -0.315 e. The Hall–Kier alpha value is -0.630. The van der Waals surface area contributed by atoms with Crippen LogP contribution < -0.4 is 5.32 Å². The molecule has 1 rings (SSSR count). The highest BCUT2D eigenvalue weighted by molar-refractivity contribution is 7.91. The van der Waals surface area contributed by atoms with E-state index in [1.807, 2.05) is 0 Å². The van der Waals surface area contributed by atoms with Crippen LogP contribution in [0.25, 0.3) is 0 Å². The molecule has 0 amide bonds. The Labute approximate surface area is 110 Å². The van der Waals surface area contributed by atoms with Gasteiger partial charge in [0.15, 0.2) is 9.84 Å². The van der Waals surface area contributed by atoms with E-state index in [9.17, 15) is 26.4 Å². The molecule has 0 spiro atoms. The zero-order valence-electron chi connectivity index (χ0n) is 10.7. The summed E-state index contributed by atoms with van der Waals surface area (Å²) in [5.74, 6) is -1.63. The maximum atomic E-state index is 13.0. The first-order chi connectivity index (χ1) is 8.65. The van der Waals surface area contributed by atoms with Gasteiger partial charge < -0.3 is 5.32 Å². The molecule has 1 atom stereocenters. The molecule has 0 aromatic heterocycles. The van der Waals surface area contributed by atoms with Gasteiger partial charge in [-0.3, -0.25) is 4.79 Å². The second kappa shape index (κ2) is 5.78. The van der Waals surface area contributed by atoms with Gasteiger partial charge in [0, 0.05) is 18.7 Å². The van der Waals surface area contributed by atoms with E-state index in [0.29, 0.717) is 6.42 Å². The highest BCUT2D eigenvalue weighted by Gasteiger charge is 2.60. The average Bonchev–Trinajstić information content (AvgIpc) is 2.75. The fourth-order valence-electron chi connectivity index (χ4n) is 2.23. The van der Waals surface area contributed by atoms with Gasteiger partial charge in [-0.25, -0.2) is 8.42 Å². The van der Waals surface area contributed by atoms with Crippen molar-refractivity contribution in [2.45, 2.75) is 32.4 Å². The minimum absolute atomic E-state index is 0.0997. The summed E-state index contributed by atoms with van der Waals surface area (Å²) in [5.41, 5.74) is -2.41. The number of carbonyl (C=O) groups excluding carboxylic acids is 1. The highest BCUT2D eigenvalue weighted by atomic mass is 32.2. The number of hydrogen-bond donors (Lipinski definition) is 1. The van der Waals surface area contributed by atoms with Crippen LogP contribution in [0, 0.1) is 5.41 Å². The molecule has 0 radical (unpaired) electrons. The van der Waals surface area contributed by atoms with E-state index >= 15 is 0 Å². The molecule has 1 fully saturated rings. The van der Waals surface area contributed by atoms with Crippen LogP contribution in [0.15, 0.2) is 0 Å². The lowest BCUT2D eigenvalue weighted by molar-refractivity contribution is -0.214. The molecule has 1 aliphatic rings. The molecule has 112 valence electrons. The third kappa shape index (κ3) is 3.68. The lowest BCUT2D eigenvalue weighted by Gasteiger charge is -2.29. The number of ketones is 1. The zero-order valence-corrected chi connectivity index (χ0v) is 11.5. The molecule has 0 aliphatic carbocycles. The van der Waals surface area contributed by atoms with Crippen molar-refractivity contribution in [2.24, 2.45) is 5.41 Å². The zero-order chi connectivity index (χ0) is 14.7.